The molecule has 9 amide bonds. The average Bonchev–Trinajstić information content (AvgIpc) is 0.825. The average molecular weight is 1780 g/mol. The highest BCUT2D eigenvalue weighted by Gasteiger charge is 2.36. The number of oxime groups is 1. The number of carboxylic acids is 5. The van der Waals surface area contributed by atoms with E-state index in [-0.39, 0.29) is 103 Å². The maximum atomic E-state index is 14.1. The van der Waals surface area contributed by atoms with Gasteiger partial charge in [-0.3, -0.25) is 78.2 Å². The van der Waals surface area contributed by atoms with Crippen LogP contribution in [-0.2, 0) is 64.1 Å². The van der Waals surface area contributed by atoms with Crippen LogP contribution in [0, 0.1) is 5.41 Å². The Kier molecular flexibility index (Phi) is 40.9. The minimum atomic E-state index is -2.22. The van der Waals surface area contributed by atoms with Crippen LogP contribution < -0.4 is 94.5 Å². The van der Waals surface area contributed by atoms with E-state index in [2.05, 4.69) is 96.4 Å². The highest BCUT2D eigenvalue weighted by Crippen LogP contribution is 2.37. The van der Waals surface area contributed by atoms with Crippen LogP contribution in [-0.4, -0.2) is 256 Å². The van der Waals surface area contributed by atoms with E-state index in [1.54, 1.807) is 18.3 Å². The van der Waals surface area contributed by atoms with Crippen LogP contribution in [0.25, 0.3) is 11.2 Å². The Morgan fingerprint density at radius 2 is 1.29 bits per heavy atom. The number of carbonyl (C=O) groups is 14. The summed E-state index contributed by atoms with van der Waals surface area (Å²) in [7, 11) is 5.98. The molecule has 5 aromatic rings. The number of ether oxygens (including phenoxy) is 5. The van der Waals surface area contributed by atoms with Crippen LogP contribution in [0.15, 0.2) is 94.0 Å². The molecule has 0 unspecified atom stereocenters. The minimum absolute atomic E-state index is 0.0238. The summed E-state index contributed by atoms with van der Waals surface area (Å²) in [6, 6.07) is -0.311. The molecule has 46 nitrogen and oxygen atoms in total. The zero-order valence-corrected chi connectivity index (χ0v) is 69.6. The van der Waals surface area contributed by atoms with Gasteiger partial charge in [-0.05, 0) is 101 Å². The monoisotopic (exact) mass is 1780 g/mol. The van der Waals surface area contributed by atoms with Crippen molar-refractivity contribution in [3.8, 4) is 23.0 Å². The number of carbonyl (C=O) groups excluding carboxylic acids is 9. The van der Waals surface area contributed by atoms with E-state index in [9.17, 15) is 97.5 Å². The van der Waals surface area contributed by atoms with E-state index in [1.165, 1.54) is 70.1 Å². The third-order valence-corrected chi connectivity index (χ3v) is 20.0. The second-order valence-electron chi connectivity index (χ2n) is 27.2. The predicted molar refractivity (Wildman–Crippen MR) is 453 cm³/mol. The quantitative estimate of drug-likeness (QED) is 0.00659. The molecule has 0 saturated heterocycles. The van der Waals surface area contributed by atoms with E-state index in [0.29, 0.717) is 91.2 Å². The fourth-order valence-electron chi connectivity index (χ4n) is 11.3. The summed E-state index contributed by atoms with van der Waals surface area (Å²) in [4.78, 5) is 220. The lowest BCUT2D eigenvalue weighted by atomic mass is 10.1. The van der Waals surface area contributed by atoms with Crippen molar-refractivity contribution in [2.45, 2.75) is 133 Å². The molecule has 22 N–H and O–H groups in total. The smallest absolute Gasteiger partial charge is 0.411 e. The largest absolute Gasteiger partial charge is 0.493 e. The first-order valence-corrected chi connectivity index (χ1v) is 40.9. The number of nitrogens with zero attached hydrogens (tertiary/aromatic N) is 5. The Hall–Kier alpha value is -14.4. The number of aromatic nitrogens is 4. The number of methoxy groups -OCH3 is 2. The lowest BCUT2D eigenvalue weighted by Gasteiger charge is -2.26. The molecular weight excluding hydrogens is 1690 g/mol. The van der Waals surface area contributed by atoms with Crippen molar-refractivity contribution in [3.63, 3.8) is 0 Å². The minimum Gasteiger partial charge on any atom is -0.493 e. The number of hydrogen-bond donors (Lipinski definition) is 20. The number of H-pyrrole nitrogens is 1. The number of aliphatic carboxylic acids is 5. The Morgan fingerprint density at radius 1 is 0.680 bits per heavy atom. The van der Waals surface area contributed by atoms with Gasteiger partial charge in [0.2, 0.25) is 35.5 Å². The molecule has 6 rings (SSSR count). The molecule has 2 aromatic heterocycles. The fourth-order valence-corrected chi connectivity index (χ4v) is 13.3. The van der Waals surface area contributed by atoms with Crippen LogP contribution in [0.5, 0.6) is 23.0 Å². The van der Waals surface area contributed by atoms with Crippen molar-refractivity contribution in [1.82, 2.24) is 67.8 Å². The summed E-state index contributed by atoms with van der Waals surface area (Å²) in [6.07, 6.45) is 1.70. The molecule has 6 atom stereocenters. The second kappa shape index (κ2) is 51.4. The molecule has 0 fully saturated rings. The van der Waals surface area contributed by atoms with Gasteiger partial charge in [0.15, 0.2) is 40.1 Å². The van der Waals surface area contributed by atoms with Gasteiger partial charge in [0.25, 0.3) is 23.3 Å². The Bertz CT molecular complexity index is 4880. The molecule has 3 aromatic carbocycles. The van der Waals surface area contributed by atoms with E-state index in [1.807, 2.05) is 5.32 Å². The molecule has 1 aliphatic rings. The zero-order chi connectivity index (χ0) is 91.7. The standard InChI is InChI=1S/C77H98N20O26S2/c1-40-12-9-21-81-49-30-57(55(118-3)28-45(49)66(106)85-35-40)121-24-7-6-8-25-122-58-31-50(46(29-56(58)119-4)67(107)86-36-41(2)13-10-23-87-120-5)95-77(117)123-26-27-124-125-39-54(74(115)116)94-71(111)53(34-62(103)104)93-70(110)52(33-61(101)102)92-68(108)47(14-11-22-82-75(78)79)90-69(109)51(32-60(99)100)89-59(98)20-19-48(73(113)114)91-65(105)42-15-17-43(18-16-42)83-37-44-38-84-64-63(88-44)72(112)97-76(80)96-64/h15-18,21,23,28-31,38,47-48,51-54,83H,1-2,6-14,19-20,22,24-27,32-37,39H2,3-5H3,(H,85,106)(H,86,107)(H,89,98)(H,90,109)(H,91,105)(H,92,108)(H,93,110)(H,94,111)(H,95,117)(H,99,100)(H,101,102)(H,103,104)(H,113,114)(H,115,116)(H4,78,79,82)(H3,80,84,96,97,112)/b81-21-,87-23+/t47-,48-,51-,52-,53-,54-/m0/s1. The number of unbranched alkanes of at least 4 members (excludes halogenated alkanes) is 2. The summed E-state index contributed by atoms with van der Waals surface area (Å²) < 4.78 is 28.7. The number of hydrogen-bond acceptors (Lipinski definition) is 31. The Morgan fingerprint density at radius 3 is 1.90 bits per heavy atom. The molecule has 0 spiro atoms. The number of aliphatic imine (C=N–C) groups is 1. The number of anilines is 3. The normalized spacial score (nSPS) is 13.4. The van der Waals surface area contributed by atoms with Crippen LogP contribution >= 0.6 is 21.6 Å². The van der Waals surface area contributed by atoms with Gasteiger partial charge in [-0.15, -0.1) is 0 Å². The number of nitrogens with one attached hydrogen (secondary N) is 13. The number of aromatic amines is 1. The van der Waals surface area contributed by atoms with Crippen LogP contribution in [0.3, 0.4) is 0 Å². The summed E-state index contributed by atoms with van der Waals surface area (Å²) >= 11 is 0. The second-order valence-corrected chi connectivity index (χ2v) is 29.8. The van der Waals surface area contributed by atoms with Crippen LogP contribution in [0.2, 0.25) is 0 Å². The summed E-state index contributed by atoms with van der Waals surface area (Å²) in [6.45, 7) is 8.28. The van der Waals surface area contributed by atoms with Crippen molar-refractivity contribution < 1.29 is 121 Å². The van der Waals surface area contributed by atoms with Gasteiger partial charge in [-0.2, -0.15) is 4.98 Å². The molecule has 0 bridgehead atoms. The van der Waals surface area contributed by atoms with Crippen molar-refractivity contribution in [3.05, 3.63) is 112 Å². The van der Waals surface area contributed by atoms with Crippen LogP contribution in [0.1, 0.15) is 127 Å². The molecule has 0 saturated carbocycles. The van der Waals surface area contributed by atoms with E-state index >= 15 is 0 Å². The van der Waals surface area contributed by atoms with Gasteiger partial charge < -0.3 is 119 Å². The molecule has 125 heavy (non-hydrogen) atoms. The van der Waals surface area contributed by atoms with E-state index in [4.69, 9.17) is 45.4 Å². The third kappa shape index (κ3) is 34.6. The number of benzene rings is 3. The Balaban J connectivity index is 1.03. The molecule has 0 radical (unpaired) electrons. The van der Waals surface area contributed by atoms with Gasteiger partial charge in [-0.25, -0.2) is 24.4 Å². The lowest BCUT2D eigenvalue weighted by Crippen LogP contribution is -2.59. The molecule has 674 valence electrons. The number of guanidine groups is 1. The number of rotatable bonds is 53. The lowest BCUT2D eigenvalue weighted by molar-refractivity contribution is -0.144. The SMILES string of the molecule is C=C1CC/C=N\c2cc(OCCCCCOc3cc(NC(=O)OCCSSC[C@H](NC(=O)[C@H](CC(=O)O)NC(=O)[C@H](CC(=O)O)NC(=O)[C@H](CCCNC(=N)N)NC(=O)[C@H](CC(=O)O)NC(=O)CC[C@H](NC(=O)c4ccc(NCc5cnc6nc(N)[nH]c(=O)c6n5)cc4)C(=O)O)C(=O)O)c(C(=O)NCC(=C)CC/C=N/OC)cc3OC)c(OC)cc2C(=O)NC1. The maximum Gasteiger partial charge on any atom is 0.411 e. The predicted octanol–water partition coefficient (Wildman–Crippen LogP) is 1.82. The molecule has 3 heterocycles. The number of fused-ring (bicyclic) bond motifs is 2. The fraction of sp³-hybridized carbons (Fsp3) is 0.416. The summed E-state index contributed by atoms with van der Waals surface area (Å²) in [5.74, 6) is -17.3. The first-order valence-electron chi connectivity index (χ1n) is 38.4. The van der Waals surface area contributed by atoms with Gasteiger partial charge in [0.05, 0.1) is 87.6 Å². The topological polar surface area (TPSA) is 700 Å². The van der Waals surface area contributed by atoms with Crippen molar-refractivity contribution >= 4 is 157 Å². The Labute approximate surface area is 720 Å². The van der Waals surface area contributed by atoms with E-state index in [0.717, 1.165) is 27.2 Å². The van der Waals surface area contributed by atoms with Crippen molar-refractivity contribution in [1.29, 1.82) is 5.41 Å². The number of nitrogen functional groups attached to an aromatic ring is 1. The zero-order valence-electron chi connectivity index (χ0n) is 68.0. The highest BCUT2D eigenvalue weighted by molar-refractivity contribution is 8.76. The van der Waals surface area contributed by atoms with Crippen molar-refractivity contribution in [2.75, 3.05) is 88.7 Å². The summed E-state index contributed by atoms with van der Waals surface area (Å²) in [5, 5.41) is 87.3. The first-order chi connectivity index (χ1) is 59.6. The number of nitrogens with two attached hydrogens (primary N) is 2. The molecule has 0 aliphatic carbocycles. The molecule has 1 aliphatic heterocycles. The highest BCUT2D eigenvalue weighted by atomic mass is 33.1. The molecule has 48 heteroatoms. The number of carboxylic acid groups (broad SMARTS) is 5. The van der Waals surface area contributed by atoms with E-state index < -0.39 is 169 Å². The van der Waals surface area contributed by atoms with Crippen LogP contribution in [0.4, 0.5) is 27.8 Å². The maximum absolute atomic E-state index is 14.1. The first kappa shape index (κ1) is 99.5. The third-order valence-electron chi connectivity index (χ3n) is 17.7. The molecular formula is C77H98N20O26S2. The van der Waals surface area contributed by atoms with Gasteiger partial charge in [0, 0.05) is 73.4 Å². The van der Waals surface area contributed by atoms with Gasteiger partial charge >= 0.3 is 35.9 Å². The summed E-state index contributed by atoms with van der Waals surface area (Å²) in [5.41, 5.74) is 13.1. The van der Waals surface area contributed by atoms with Gasteiger partial charge in [-0.1, -0.05) is 51.0 Å². The number of amides is 9. The van der Waals surface area contributed by atoms with Crippen molar-refractivity contribution in [2.24, 2.45) is 15.9 Å². The van der Waals surface area contributed by atoms with Gasteiger partial charge in [0.1, 0.15) is 50.0 Å².